The zero-order valence-corrected chi connectivity index (χ0v) is 17.4. The minimum atomic E-state index is -0.388. The van der Waals surface area contributed by atoms with Crippen LogP contribution in [0.2, 0.25) is 5.02 Å². The second kappa shape index (κ2) is 9.09. The number of carbonyl (C=O) groups is 1. The van der Waals surface area contributed by atoms with Gasteiger partial charge in [-0.25, -0.2) is 0 Å². The summed E-state index contributed by atoms with van der Waals surface area (Å²) in [7, 11) is 0. The SMILES string of the molecule is CC[C@H]1CCCCN1C(=O)[C@@H](C)N1CCN(c2ccc(Cl)cc2[N+](=O)[O-])CC1. The van der Waals surface area contributed by atoms with Gasteiger partial charge in [-0.1, -0.05) is 18.5 Å². The average molecular weight is 409 g/mol. The number of nitrogens with zero attached hydrogens (tertiary/aromatic N) is 4. The lowest BCUT2D eigenvalue weighted by molar-refractivity contribution is -0.384. The molecule has 7 nitrogen and oxygen atoms in total. The van der Waals surface area contributed by atoms with Crippen molar-refractivity contribution in [2.24, 2.45) is 0 Å². The lowest BCUT2D eigenvalue weighted by Gasteiger charge is -2.42. The molecule has 0 spiro atoms. The maximum absolute atomic E-state index is 13.1. The van der Waals surface area contributed by atoms with E-state index in [4.69, 9.17) is 11.6 Å². The minimum Gasteiger partial charge on any atom is -0.363 e. The van der Waals surface area contributed by atoms with Crippen LogP contribution in [0.1, 0.15) is 39.5 Å². The molecule has 2 aliphatic heterocycles. The van der Waals surface area contributed by atoms with Gasteiger partial charge in [0.1, 0.15) is 5.69 Å². The van der Waals surface area contributed by atoms with Crippen molar-refractivity contribution in [3.8, 4) is 0 Å². The minimum absolute atomic E-state index is 0.0316. The van der Waals surface area contributed by atoms with Gasteiger partial charge in [-0.15, -0.1) is 0 Å². The fourth-order valence-electron chi connectivity index (χ4n) is 4.37. The van der Waals surface area contributed by atoms with E-state index in [1.807, 2.05) is 11.8 Å². The summed E-state index contributed by atoms with van der Waals surface area (Å²) in [5, 5.41) is 11.7. The number of piperidine rings is 1. The highest BCUT2D eigenvalue weighted by atomic mass is 35.5. The summed E-state index contributed by atoms with van der Waals surface area (Å²) in [6.45, 7) is 7.71. The van der Waals surface area contributed by atoms with Crippen LogP contribution >= 0.6 is 11.6 Å². The first kappa shape index (κ1) is 20.9. The highest BCUT2D eigenvalue weighted by Crippen LogP contribution is 2.32. The summed E-state index contributed by atoms with van der Waals surface area (Å²) >= 11 is 5.92. The van der Waals surface area contributed by atoms with Crippen molar-refractivity contribution >= 4 is 28.9 Å². The third kappa shape index (κ3) is 4.41. The number of rotatable bonds is 5. The molecule has 0 aliphatic carbocycles. The zero-order chi connectivity index (χ0) is 20.3. The number of likely N-dealkylation sites (tertiary alicyclic amines) is 1. The lowest BCUT2D eigenvalue weighted by Crippen LogP contribution is -2.56. The molecule has 2 fully saturated rings. The fraction of sp³-hybridized carbons (Fsp3) is 0.650. The van der Waals surface area contributed by atoms with E-state index in [9.17, 15) is 14.9 Å². The van der Waals surface area contributed by atoms with Gasteiger partial charge in [-0.2, -0.15) is 0 Å². The van der Waals surface area contributed by atoms with E-state index in [1.165, 1.54) is 12.5 Å². The first-order chi connectivity index (χ1) is 13.4. The number of halogens is 1. The lowest BCUT2D eigenvalue weighted by atomic mass is 9.99. The van der Waals surface area contributed by atoms with Gasteiger partial charge >= 0.3 is 0 Å². The molecule has 0 unspecified atom stereocenters. The van der Waals surface area contributed by atoms with E-state index in [1.54, 1.807) is 12.1 Å². The summed E-state index contributed by atoms with van der Waals surface area (Å²) in [6, 6.07) is 5.00. The molecule has 154 valence electrons. The van der Waals surface area contributed by atoms with Crippen LogP contribution in [0, 0.1) is 10.1 Å². The molecule has 0 bridgehead atoms. The topological polar surface area (TPSA) is 69.9 Å². The van der Waals surface area contributed by atoms with E-state index in [2.05, 4.69) is 16.7 Å². The molecule has 28 heavy (non-hydrogen) atoms. The number of benzene rings is 1. The van der Waals surface area contributed by atoms with Crippen LogP contribution in [0.3, 0.4) is 0 Å². The zero-order valence-electron chi connectivity index (χ0n) is 16.6. The van der Waals surface area contributed by atoms with Crippen molar-refractivity contribution in [1.29, 1.82) is 0 Å². The van der Waals surface area contributed by atoms with Gasteiger partial charge in [0.25, 0.3) is 5.69 Å². The van der Waals surface area contributed by atoms with E-state index in [-0.39, 0.29) is 22.6 Å². The Morgan fingerprint density at radius 3 is 2.61 bits per heavy atom. The third-order valence-corrected chi connectivity index (χ3v) is 6.31. The summed E-state index contributed by atoms with van der Waals surface area (Å²) in [6.07, 6.45) is 4.40. The number of hydrogen-bond acceptors (Lipinski definition) is 5. The van der Waals surface area contributed by atoms with E-state index >= 15 is 0 Å². The van der Waals surface area contributed by atoms with Gasteiger partial charge in [0.15, 0.2) is 0 Å². The number of piperazine rings is 1. The molecule has 0 saturated carbocycles. The first-order valence-corrected chi connectivity index (χ1v) is 10.5. The van der Waals surface area contributed by atoms with Gasteiger partial charge in [0.05, 0.1) is 11.0 Å². The Morgan fingerprint density at radius 1 is 1.25 bits per heavy atom. The summed E-state index contributed by atoms with van der Waals surface area (Å²) < 4.78 is 0. The fourth-order valence-corrected chi connectivity index (χ4v) is 4.54. The second-order valence-corrected chi connectivity index (χ2v) is 8.12. The van der Waals surface area contributed by atoms with Crippen LogP contribution in [-0.2, 0) is 4.79 Å². The van der Waals surface area contributed by atoms with Crippen LogP contribution in [-0.4, -0.2) is 65.4 Å². The van der Waals surface area contributed by atoms with Gasteiger partial charge < -0.3 is 9.80 Å². The Bertz CT molecular complexity index is 721. The predicted molar refractivity (Wildman–Crippen MR) is 111 cm³/mol. The Hall–Kier alpha value is -1.86. The van der Waals surface area contributed by atoms with Gasteiger partial charge in [-0.05, 0) is 44.7 Å². The van der Waals surface area contributed by atoms with E-state index in [0.29, 0.717) is 42.9 Å². The second-order valence-electron chi connectivity index (χ2n) is 7.68. The molecule has 1 aromatic rings. The molecular weight excluding hydrogens is 380 g/mol. The number of nitro benzene ring substituents is 1. The van der Waals surface area contributed by atoms with Crippen LogP contribution in [0.5, 0.6) is 0 Å². The van der Waals surface area contributed by atoms with Gasteiger partial charge in [0.2, 0.25) is 5.91 Å². The van der Waals surface area contributed by atoms with Crippen molar-refractivity contribution in [2.75, 3.05) is 37.6 Å². The molecule has 8 heteroatoms. The number of hydrogen-bond donors (Lipinski definition) is 0. The van der Waals surface area contributed by atoms with Crippen molar-refractivity contribution in [2.45, 2.75) is 51.6 Å². The molecule has 2 aliphatic rings. The maximum atomic E-state index is 13.1. The van der Waals surface area contributed by atoms with E-state index < -0.39 is 0 Å². The molecule has 3 rings (SSSR count). The monoisotopic (exact) mass is 408 g/mol. The Balaban J connectivity index is 1.64. The smallest absolute Gasteiger partial charge is 0.294 e. The molecular formula is C20H29ClN4O3. The molecule has 2 heterocycles. The number of amides is 1. The van der Waals surface area contributed by atoms with Crippen molar-refractivity contribution in [3.05, 3.63) is 33.3 Å². The van der Waals surface area contributed by atoms with E-state index in [0.717, 1.165) is 25.8 Å². The maximum Gasteiger partial charge on any atom is 0.294 e. The molecule has 0 N–H and O–H groups in total. The standard InChI is InChI=1S/C20H29ClN4O3/c1-3-17-6-4-5-9-24(17)20(26)15(2)22-10-12-23(13-11-22)18-8-7-16(21)14-19(18)25(27)28/h7-8,14-15,17H,3-6,9-13H2,1-2H3/t15-,17+/m1/s1. The van der Waals surface area contributed by atoms with Crippen LogP contribution in [0.15, 0.2) is 18.2 Å². The number of carbonyl (C=O) groups excluding carboxylic acids is 1. The molecule has 0 aromatic heterocycles. The largest absolute Gasteiger partial charge is 0.363 e. The molecule has 2 atom stereocenters. The number of nitro groups is 1. The predicted octanol–water partition coefficient (Wildman–Crippen LogP) is 3.55. The molecule has 2 saturated heterocycles. The van der Waals surface area contributed by atoms with Crippen molar-refractivity contribution in [3.63, 3.8) is 0 Å². The first-order valence-electron chi connectivity index (χ1n) is 10.2. The van der Waals surface area contributed by atoms with Crippen molar-refractivity contribution < 1.29 is 9.72 Å². The Kier molecular flexibility index (Phi) is 6.78. The van der Waals surface area contributed by atoms with Crippen LogP contribution in [0.25, 0.3) is 0 Å². The van der Waals surface area contributed by atoms with Crippen molar-refractivity contribution in [1.82, 2.24) is 9.80 Å². The summed E-state index contributed by atoms with van der Waals surface area (Å²) in [5.41, 5.74) is 0.624. The Morgan fingerprint density at radius 2 is 1.96 bits per heavy atom. The summed E-state index contributed by atoms with van der Waals surface area (Å²) in [5.74, 6) is 0.220. The number of anilines is 1. The van der Waals surface area contributed by atoms with Crippen LogP contribution in [0.4, 0.5) is 11.4 Å². The van der Waals surface area contributed by atoms with Gasteiger partial charge in [-0.3, -0.25) is 19.8 Å². The molecule has 0 radical (unpaired) electrons. The Labute approximate surface area is 171 Å². The normalized spacial score (nSPS) is 22.2. The highest BCUT2D eigenvalue weighted by Gasteiger charge is 2.33. The quantitative estimate of drug-likeness (QED) is 0.550. The highest BCUT2D eigenvalue weighted by molar-refractivity contribution is 6.30. The van der Waals surface area contributed by atoms with Gasteiger partial charge in [0, 0.05) is 49.9 Å². The van der Waals surface area contributed by atoms with Crippen LogP contribution < -0.4 is 4.90 Å². The average Bonchev–Trinajstić information content (AvgIpc) is 2.72. The molecule has 1 aromatic carbocycles. The third-order valence-electron chi connectivity index (χ3n) is 6.08. The molecule has 1 amide bonds. The summed E-state index contributed by atoms with van der Waals surface area (Å²) in [4.78, 5) is 30.3.